The minimum Gasteiger partial charge on any atom is -0.447 e. The van der Waals surface area contributed by atoms with Crippen molar-refractivity contribution in [3.05, 3.63) is 24.2 Å². The van der Waals surface area contributed by atoms with Crippen LogP contribution in [0.1, 0.15) is 61.1 Å². The van der Waals surface area contributed by atoms with Gasteiger partial charge in [-0.05, 0) is 67.5 Å². The van der Waals surface area contributed by atoms with Crippen LogP contribution in [0.3, 0.4) is 0 Å². The molecule has 0 bridgehead atoms. The van der Waals surface area contributed by atoms with Crippen molar-refractivity contribution in [2.75, 3.05) is 11.9 Å². The van der Waals surface area contributed by atoms with Crippen molar-refractivity contribution < 1.29 is 57.1 Å². The number of nitriles is 1. The van der Waals surface area contributed by atoms with Crippen LogP contribution in [0.4, 0.5) is 25.0 Å². The fourth-order valence-electron chi connectivity index (χ4n) is 4.25. The van der Waals surface area contributed by atoms with Gasteiger partial charge >= 0.3 is 24.6 Å². The molecule has 3 heterocycles. The second kappa shape index (κ2) is 14.8. The molecular formula is C28H37N5O12. The smallest absolute Gasteiger partial charge is 0.447 e. The summed E-state index contributed by atoms with van der Waals surface area (Å²) in [4.78, 5) is 54.1. The first kappa shape index (κ1) is 34.6. The van der Waals surface area contributed by atoms with Gasteiger partial charge in [0.1, 0.15) is 30.6 Å². The predicted octanol–water partition coefficient (Wildman–Crippen LogP) is 4.23. The molecule has 17 nitrogen and oxygen atoms in total. The van der Waals surface area contributed by atoms with Gasteiger partial charge in [0, 0.05) is 0 Å². The minimum absolute atomic E-state index is 0.0225. The van der Waals surface area contributed by atoms with E-state index in [4.69, 9.17) is 37.9 Å². The van der Waals surface area contributed by atoms with Crippen molar-refractivity contribution in [2.24, 2.45) is 0 Å². The maximum absolute atomic E-state index is 12.8. The molecule has 0 unspecified atom stereocenters. The molecular weight excluding hydrogens is 598 g/mol. The molecule has 0 aliphatic carbocycles. The van der Waals surface area contributed by atoms with Crippen LogP contribution in [0.2, 0.25) is 0 Å². The van der Waals surface area contributed by atoms with Crippen molar-refractivity contribution in [3.63, 3.8) is 0 Å². The number of amides is 1. The Morgan fingerprint density at radius 3 is 2.07 bits per heavy atom. The van der Waals surface area contributed by atoms with E-state index in [0.717, 1.165) is 6.33 Å². The van der Waals surface area contributed by atoms with Crippen LogP contribution in [0.15, 0.2) is 18.5 Å². The molecule has 2 aromatic rings. The van der Waals surface area contributed by atoms with Gasteiger partial charge in [-0.15, -0.1) is 0 Å². The van der Waals surface area contributed by atoms with Crippen LogP contribution in [0, 0.1) is 11.3 Å². The Kier molecular flexibility index (Phi) is 11.4. The molecule has 0 aromatic carbocycles. The zero-order valence-corrected chi connectivity index (χ0v) is 26.2. The Bertz CT molecular complexity index is 1420. The number of carbonyl (C=O) groups excluding carboxylic acids is 4. The van der Waals surface area contributed by atoms with Gasteiger partial charge in [-0.25, -0.2) is 28.7 Å². The van der Waals surface area contributed by atoms with Crippen molar-refractivity contribution in [2.45, 2.75) is 104 Å². The van der Waals surface area contributed by atoms with Gasteiger partial charge in [-0.1, -0.05) is 0 Å². The van der Waals surface area contributed by atoms with Gasteiger partial charge in [-0.2, -0.15) is 10.4 Å². The first-order valence-electron chi connectivity index (χ1n) is 14.1. The third-order valence-electron chi connectivity index (χ3n) is 5.78. The van der Waals surface area contributed by atoms with Crippen molar-refractivity contribution in [1.29, 1.82) is 5.26 Å². The summed E-state index contributed by atoms with van der Waals surface area (Å²) in [5.74, 6) is 0.0225. The molecule has 1 N–H and O–H groups in total. The molecule has 0 spiro atoms. The largest absolute Gasteiger partial charge is 0.509 e. The lowest BCUT2D eigenvalue weighted by Gasteiger charge is -2.28. The van der Waals surface area contributed by atoms with E-state index in [9.17, 15) is 24.4 Å². The Morgan fingerprint density at radius 2 is 1.49 bits per heavy atom. The molecule has 17 heteroatoms. The monoisotopic (exact) mass is 635 g/mol. The summed E-state index contributed by atoms with van der Waals surface area (Å²) in [7, 11) is 0. The van der Waals surface area contributed by atoms with Crippen LogP contribution in [0.25, 0.3) is 5.52 Å². The molecule has 0 radical (unpaired) electrons. The summed E-state index contributed by atoms with van der Waals surface area (Å²) in [5.41, 5.74) is -2.08. The topological polar surface area (TPSA) is 208 Å². The van der Waals surface area contributed by atoms with E-state index in [1.54, 1.807) is 55.4 Å². The highest BCUT2D eigenvalue weighted by molar-refractivity contribution is 5.88. The van der Waals surface area contributed by atoms with Gasteiger partial charge in [-0.3, -0.25) is 5.32 Å². The average Bonchev–Trinajstić information content (AvgIpc) is 3.46. The maximum atomic E-state index is 12.8. The number of ether oxygens (including phenoxy) is 8. The van der Waals surface area contributed by atoms with Gasteiger partial charge < -0.3 is 37.9 Å². The number of nitrogens with zero attached hydrogens (tertiary/aromatic N) is 4. The molecule has 4 atom stereocenters. The fourth-order valence-corrected chi connectivity index (χ4v) is 4.25. The summed E-state index contributed by atoms with van der Waals surface area (Å²) in [6.45, 7) is 12.3. The molecule has 45 heavy (non-hydrogen) atoms. The number of fused-ring (bicyclic) bond motifs is 1. The number of anilines is 1. The molecule has 1 fully saturated rings. The standard InChI is InChI=1S/C28H37N5O12/c1-14(2)39-24(34)32-23-18-9-10-20(33(18)31-13-30-23)28(12-29)22(44-27(37)42-17(7)8)21(43-26(36)41-16(5)6)19(45-28)11-38-25(35)40-15(3)4/h9-10,13-17,19,21-22H,11H2,1-8H3,(H,30,31,32,34)/t19-,21-,22-,28+/m1/s1. The molecule has 1 aliphatic rings. The number of hydrogen-bond acceptors (Lipinski definition) is 15. The fraction of sp³-hybridized carbons (Fsp3) is 0.607. The zero-order chi connectivity index (χ0) is 33.5. The second-order valence-electron chi connectivity index (χ2n) is 10.9. The van der Waals surface area contributed by atoms with Crippen LogP contribution in [-0.2, 0) is 43.5 Å². The molecule has 2 aromatic heterocycles. The highest BCUT2D eigenvalue weighted by Gasteiger charge is 2.63. The number of carbonyl (C=O) groups is 4. The zero-order valence-electron chi connectivity index (χ0n) is 26.2. The Balaban J connectivity index is 2.13. The van der Waals surface area contributed by atoms with Gasteiger partial charge in [0.05, 0.1) is 30.1 Å². The normalized spacial score (nSPS) is 21.0. The van der Waals surface area contributed by atoms with Crippen LogP contribution in [0.5, 0.6) is 0 Å². The Labute approximate surface area is 258 Å². The lowest BCUT2D eigenvalue weighted by Crippen LogP contribution is -2.46. The highest BCUT2D eigenvalue weighted by atomic mass is 16.8. The lowest BCUT2D eigenvalue weighted by molar-refractivity contribution is -0.0829. The van der Waals surface area contributed by atoms with Gasteiger partial charge in [0.15, 0.2) is 18.0 Å². The van der Waals surface area contributed by atoms with E-state index in [1.165, 1.54) is 16.6 Å². The van der Waals surface area contributed by atoms with E-state index in [2.05, 4.69) is 15.4 Å². The van der Waals surface area contributed by atoms with Crippen molar-refractivity contribution in [1.82, 2.24) is 14.6 Å². The molecule has 246 valence electrons. The number of aromatic nitrogens is 3. The molecule has 3 rings (SSSR count). The van der Waals surface area contributed by atoms with E-state index < -0.39 is 79.5 Å². The highest BCUT2D eigenvalue weighted by Crippen LogP contribution is 2.44. The van der Waals surface area contributed by atoms with Crippen molar-refractivity contribution >= 4 is 35.9 Å². The van der Waals surface area contributed by atoms with E-state index >= 15 is 0 Å². The summed E-state index contributed by atoms with van der Waals surface area (Å²) in [6.07, 6.45) is -9.98. The van der Waals surface area contributed by atoms with E-state index in [-0.39, 0.29) is 17.0 Å². The molecule has 1 saturated heterocycles. The first-order chi connectivity index (χ1) is 21.2. The Hall–Kier alpha value is -4.85. The SMILES string of the molecule is CC(C)OC(=O)Nc1ncnn2c([C@]3(C#N)O[C@H](COC(=O)OC(C)C)[C@@H](OC(=O)OC(C)C)[C@H]3OC(=O)OC(C)C)ccc12. The van der Waals surface area contributed by atoms with E-state index in [0.29, 0.717) is 0 Å². The number of rotatable bonds is 10. The quantitative estimate of drug-likeness (QED) is 0.286. The number of hydrogen-bond donors (Lipinski definition) is 1. The summed E-state index contributed by atoms with van der Waals surface area (Å²) in [5, 5.41) is 17.4. The van der Waals surface area contributed by atoms with Crippen LogP contribution < -0.4 is 5.32 Å². The maximum Gasteiger partial charge on any atom is 0.509 e. The minimum atomic E-state index is -2.26. The van der Waals surface area contributed by atoms with Crippen LogP contribution >= 0.6 is 0 Å². The second-order valence-corrected chi connectivity index (χ2v) is 10.9. The average molecular weight is 636 g/mol. The van der Waals surface area contributed by atoms with Crippen molar-refractivity contribution in [3.8, 4) is 6.07 Å². The number of nitrogens with one attached hydrogen (secondary N) is 1. The summed E-state index contributed by atoms with van der Waals surface area (Å²) >= 11 is 0. The molecule has 0 saturated carbocycles. The predicted molar refractivity (Wildman–Crippen MR) is 151 cm³/mol. The van der Waals surface area contributed by atoms with Crippen LogP contribution in [-0.4, -0.2) is 88.5 Å². The third kappa shape index (κ3) is 8.62. The van der Waals surface area contributed by atoms with Gasteiger partial charge in [0.25, 0.3) is 0 Å². The van der Waals surface area contributed by atoms with Gasteiger partial charge in [0.2, 0.25) is 5.60 Å². The summed E-state index contributed by atoms with van der Waals surface area (Å²) < 4.78 is 44.1. The lowest BCUT2D eigenvalue weighted by atomic mass is 9.92. The first-order valence-corrected chi connectivity index (χ1v) is 14.1. The molecule has 1 aliphatic heterocycles. The Morgan fingerprint density at radius 1 is 0.911 bits per heavy atom. The van der Waals surface area contributed by atoms with E-state index in [1.807, 2.05) is 6.07 Å². The third-order valence-corrected chi connectivity index (χ3v) is 5.78. The summed E-state index contributed by atoms with van der Waals surface area (Å²) in [6, 6.07) is 4.89. The molecule has 1 amide bonds.